The Morgan fingerprint density at radius 3 is 2.37 bits per heavy atom. The summed E-state index contributed by atoms with van der Waals surface area (Å²) in [5.74, 6) is 0.954. The van der Waals surface area contributed by atoms with Crippen LogP contribution in [0, 0.1) is 0 Å². The lowest BCUT2D eigenvalue weighted by molar-refractivity contribution is 0.197. The van der Waals surface area contributed by atoms with Gasteiger partial charge in [-0.2, -0.15) is 0 Å². The molecule has 3 aliphatic rings. The lowest BCUT2D eigenvalue weighted by atomic mass is 10.1. The van der Waals surface area contributed by atoms with Crippen LogP contribution in [0.5, 0.6) is 0 Å². The van der Waals surface area contributed by atoms with Gasteiger partial charge < -0.3 is 20.4 Å². The summed E-state index contributed by atoms with van der Waals surface area (Å²) in [6, 6.07) is 10.3. The summed E-state index contributed by atoms with van der Waals surface area (Å²) in [5, 5.41) is 7.07. The van der Waals surface area contributed by atoms with Crippen molar-refractivity contribution in [2.45, 2.75) is 51.2 Å². The quantitative estimate of drug-likeness (QED) is 0.461. The van der Waals surface area contributed by atoms with Crippen LogP contribution in [0.2, 0.25) is 0 Å². The molecule has 4 rings (SSSR count). The number of hydrogen-bond acceptors (Lipinski definition) is 3. The van der Waals surface area contributed by atoms with E-state index < -0.39 is 0 Å². The summed E-state index contributed by atoms with van der Waals surface area (Å²) in [6.07, 6.45) is 9.72. The third-order valence-electron chi connectivity index (χ3n) is 5.82. The molecular formula is C22H33N5. The van der Waals surface area contributed by atoms with Crippen molar-refractivity contribution < 1.29 is 0 Å². The molecule has 1 aliphatic carbocycles. The van der Waals surface area contributed by atoms with Gasteiger partial charge in [-0.15, -0.1) is 0 Å². The first-order chi connectivity index (χ1) is 13.3. The molecule has 1 saturated carbocycles. The Balaban J connectivity index is 1.29. The second-order valence-corrected chi connectivity index (χ2v) is 7.92. The lowest BCUT2D eigenvalue weighted by Gasteiger charge is -2.33. The largest absolute Gasteiger partial charge is 0.364 e. The molecule has 0 bridgehead atoms. The van der Waals surface area contributed by atoms with E-state index in [2.05, 4.69) is 63.8 Å². The van der Waals surface area contributed by atoms with Crippen LogP contribution in [-0.4, -0.2) is 55.7 Å². The summed E-state index contributed by atoms with van der Waals surface area (Å²) in [4.78, 5) is 9.86. The Kier molecular flexibility index (Phi) is 5.97. The van der Waals surface area contributed by atoms with E-state index in [0.29, 0.717) is 6.04 Å². The molecule has 5 nitrogen and oxygen atoms in total. The highest BCUT2D eigenvalue weighted by Crippen LogP contribution is 2.29. The maximum atomic E-state index is 4.83. The predicted molar refractivity (Wildman–Crippen MR) is 113 cm³/mol. The molecule has 2 aliphatic heterocycles. The minimum atomic E-state index is 0.544. The number of nitrogens with one attached hydrogen (secondary N) is 2. The predicted octanol–water partition coefficient (Wildman–Crippen LogP) is 2.74. The Labute approximate surface area is 163 Å². The number of nitrogens with zero attached hydrogens (tertiary/aromatic N) is 3. The molecule has 2 N–H and O–H groups in total. The smallest absolute Gasteiger partial charge is 0.191 e. The number of guanidine groups is 1. The summed E-state index contributed by atoms with van der Waals surface area (Å²) in [7, 11) is 0. The summed E-state index contributed by atoms with van der Waals surface area (Å²) in [5.41, 5.74) is 2.55. The van der Waals surface area contributed by atoms with Crippen LogP contribution in [-0.2, 0) is 6.54 Å². The van der Waals surface area contributed by atoms with Crippen molar-refractivity contribution in [1.29, 1.82) is 0 Å². The zero-order chi connectivity index (χ0) is 18.5. The molecule has 146 valence electrons. The summed E-state index contributed by atoms with van der Waals surface area (Å²) < 4.78 is 0. The van der Waals surface area contributed by atoms with Crippen LogP contribution in [0.3, 0.4) is 0 Å². The zero-order valence-electron chi connectivity index (χ0n) is 16.5. The SMILES string of the molecule is CCNC(=NCc1ccc(N2CC=CC2)cc1)NC1CCN(C2CC2)CC1. The number of benzene rings is 1. The van der Waals surface area contributed by atoms with E-state index in [1.165, 1.54) is 50.0 Å². The van der Waals surface area contributed by atoms with Crippen molar-refractivity contribution in [1.82, 2.24) is 15.5 Å². The average Bonchev–Trinajstić information content (AvgIpc) is 3.41. The minimum absolute atomic E-state index is 0.544. The molecule has 27 heavy (non-hydrogen) atoms. The molecular weight excluding hydrogens is 334 g/mol. The molecule has 1 saturated heterocycles. The topological polar surface area (TPSA) is 42.9 Å². The second-order valence-electron chi connectivity index (χ2n) is 7.92. The molecule has 0 atom stereocenters. The van der Waals surface area contributed by atoms with E-state index in [0.717, 1.165) is 38.2 Å². The van der Waals surface area contributed by atoms with Gasteiger partial charge in [0, 0.05) is 50.5 Å². The molecule has 1 aromatic rings. The van der Waals surface area contributed by atoms with Gasteiger partial charge in [-0.1, -0.05) is 24.3 Å². The van der Waals surface area contributed by atoms with E-state index in [4.69, 9.17) is 4.99 Å². The Morgan fingerprint density at radius 1 is 1.04 bits per heavy atom. The number of anilines is 1. The van der Waals surface area contributed by atoms with Crippen molar-refractivity contribution in [3.8, 4) is 0 Å². The third kappa shape index (κ3) is 5.04. The zero-order valence-corrected chi connectivity index (χ0v) is 16.5. The molecule has 0 amide bonds. The van der Waals surface area contributed by atoms with E-state index in [1.54, 1.807) is 0 Å². The number of hydrogen-bond donors (Lipinski definition) is 2. The van der Waals surface area contributed by atoms with Crippen LogP contribution in [0.1, 0.15) is 38.2 Å². The Morgan fingerprint density at radius 2 is 1.74 bits per heavy atom. The Bertz CT molecular complexity index is 646. The van der Waals surface area contributed by atoms with E-state index in [-0.39, 0.29) is 0 Å². The highest BCUT2D eigenvalue weighted by atomic mass is 15.2. The third-order valence-corrected chi connectivity index (χ3v) is 5.82. The highest BCUT2D eigenvalue weighted by molar-refractivity contribution is 5.80. The van der Waals surface area contributed by atoms with Gasteiger partial charge in [-0.3, -0.25) is 0 Å². The fourth-order valence-electron chi connectivity index (χ4n) is 4.03. The monoisotopic (exact) mass is 367 g/mol. The van der Waals surface area contributed by atoms with Gasteiger partial charge in [0.25, 0.3) is 0 Å². The lowest BCUT2D eigenvalue weighted by Crippen LogP contribution is -2.49. The Hall–Kier alpha value is -2.01. The number of piperidine rings is 1. The summed E-state index contributed by atoms with van der Waals surface area (Å²) in [6.45, 7) is 8.24. The first-order valence-electron chi connectivity index (χ1n) is 10.6. The first kappa shape index (κ1) is 18.4. The van der Waals surface area contributed by atoms with E-state index in [1.807, 2.05) is 0 Å². The normalized spacial score (nSPS) is 21.7. The second kappa shape index (κ2) is 8.79. The fourth-order valence-corrected chi connectivity index (χ4v) is 4.03. The average molecular weight is 368 g/mol. The van der Waals surface area contributed by atoms with Gasteiger partial charge in [0.15, 0.2) is 5.96 Å². The van der Waals surface area contributed by atoms with Crippen molar-refractivity contribution in [3.05, 3.63) is 42.0 Å². The number of likely N-dealkylation sites (tertiary alicyclic amines) is 1. The van der Waals surface area contributed by atoms with Crippen LogP contribution in [0.25, 0.3) is 0 Å². The van der Waals surface area contributed by atoms with Crippen LogP contribution < -0.4 is 15.5 Å². The van der Waals surface area contributed by atoms with E-state index >= 15 is 0 Å². The molecule has 1 aromatic carbocycles. The van der Waals surface area contributed by atoms with Gasteiger partial charge >= 0.3 is 0 Å². The van der Waals surface area contributed by atoms with Gasteiger partial charge in [0.05, 0.1) is 6.54 Å². The van der Waals surface area contributed by atoms with E-state index in [9.17, 15) is 0 Å². The molecule has 0 unspecified atom stereocenters. The van der Waals surface area contributed by atoms with Gasteiger partial charge in [-0.05, 0) is 50.3 Å². The van der Waals surface area contributed by atoms with Crippen LogP contribution in [0.15, 0.2) is 41.4 Å². The van der Waals surface area contributed by atoms with Crippen molar-refractivity contribution in [2.24, 2.45) is 4.99 Å². The van der Waals surface area contributed by atoms with Crippen LogP contribution in [0.4, 0.5) is 5.69 Å². The molecule has 0 aromatic heterocycles. The fraction of sp³-hybridized carbons (Fsp3) is 0.591. The van der Waals surface area contributed by atoms with Crippen molar-refractivity contribution >= 4 is 11.6 Å². The maximum Gasteiger partial charge on any atom is 0.191 e. The minimum Gasteiger partial charge on any atom is -0.364 e. The molecule has 2 heterocycles. The van der Waals surface area contributed by atoms with Gasteiger partial charge in [0.2, 0.25) is 0 Å². The van der Waals surface area contributed by atoms with Gasteiger partial charge in [0.1, 0.15) is 0 Å². The maximum absolute atomic E-state index is 4.83. The summed E-state index contributed by atoms with van der Waals surface area (Å²) >= 11 is 0. The highest BCUT2D eigenvalue weighted by Gasteiger charge is 2.31. The molecule has 2 fully saturated rings. The van der Waals surface area contributed by atoms with Crippen LogP contribution >= 0.6 is 0 Å². The van der Waals surface area contributed by atoms with Gasteiger partial charge in [-0.25, -0.2) is 4.99 Å². The van der Waals surface area contributed by atoms with Crippen molar-refractivity contribution in [3.63, 3.8) is 0 Å². The first-order valence-corrected chi connectivity index (χ1v) is 10.6. The standard InChI is InChI=1S/C22H33N5/c1-2-23-22(25-19-11-15-27(16-12-19)21-9-10-21)24-17-18-5-7-20(8-6-18)26-13-3-4-14-26/h3-8,19,21H,2,9-17H2,1H3,(H2,23,24,25). The molecule has 5 heteroatoms. The van der Waals surface area contributed by atoms with Crippen molar-refractivity contribution in [2.75, 3.05) is 37.6 Å². The molecule has 0 spiro atoms. The molecule has 0 radical (unpaired) electrons. The number of rotatable bonds is 6. The number of aliphatic imine (C=N–C) groups is 1.